The molecule has 2 heterocycles. The Hall–Kier alpha value is -1.73. The molecule has 0 saturated heterocycles. The Labute approximate surface area is 171 Å². The third-order valence-corrected chi connectivity index (χ3v) is 8.99. The van der Waals surface area contributed by atoms with E-state index in [4.69, 9.17) is 9.47 Å². The summed E-state index contributed by atoms with van der Waals surface area (Å²) in [5.74, 6) is 2.48. The lowest BCUT2D eigenvalue weighted by Crippen LogP contribution is -2.34. The fraction of sp³-hybridized carbons (Fsp3) is 0.524. The van der Waals surface area contributed by atoms with Crippen molar-refractivity contribution in [1.82, 2.24) is 4.98 Å². The smallest absolute Gasteiger partial charge is 0.344 e. The van der Waals surface area contributed by atoms with E-state index in [1.54, 1.807) is 6.92 Å². The average molecular weight is 418 g/mol. The molecule has 0 spiro atoms. The van der Waals surface area contributed by atoms with Crippen LogP contribution >= 0.6 is 23.1 Å². The van der Waals surface area contributed by atoms with E-state index in [-0.39, 0.29) is 23.4 Å². The van der Waals surface area contributed by atoms with Crippen LogP contribution in [0.2, 0.25) is 0 Å². The van der Waals surface area contributed by atoms with Gasteiger partial charge in [-0.2, -0.15) is 0 Å². The maximum absolute atomic E-state index is 12.2. The molecule has 5 nitrogen and oxygen atoms in total. The maximum atomic E-state index is 12.2. The Morgan fingerprint density at radius 3 is 2.93 bits per heavy atom. The maximum Gasteiger partial charge on any atom is 0.344 e. The molecule has 5 atom stereocenters. The highest BCUT2D eigenvalue weighted by atomic mass is 32.2. The van der Waals surface area contributed by atoms with Crippen LogP contribution in [0.5, 0.6) is 5.75 Å². The number of aromatic nitrogens is 1. The van der Waals surface area contributed by atoms with E-state index < -0.39 is 0 Å². The minimum atomic E-state index is -0.360. The lowest BCUT2D eigenvalue weighted by Gasteiger charge is -2.40. The highest BCUT2D eigenvalue weighted by Gasteiger charge is 2.55. The molecule has 5 unspecified atom stereocenters. The van der Waals surface area contributed by atoms with Crippen molar-refractivity contribution in [3.05, 3.63) is 44.4 Å². The molecule has 2 saturated carbocycles. The Kier molecular flexibility index (Phi) is 4.75. The average Bonchev–Trinajstić information content (AvgIpc) is 3.39. The molecule has 1 aliphatic heterocycles. The van der Waals surface area contributed by atoms with Crippen LogP contribution in [0.4, 0.5) is 0 Å². The third kappa shape index (κ3) is 2.99. The SMILES string of the molecule is CCOC(=O)COc1ccccc1C1c2sc(=O)[nH]c2SC2C3CCC(C3)C12. The number of thioether (sulfide) groups is 1. The Morgan fingerprint density at radius 1 is 1.25 bits per heavy atom. The summed E-state index contributed by atoms with van der Waals surface area (Å²) in [4.78, 5) is 28.2. The largest absolute Gasteiger partial charge is 0.482 e. The third-order valence-electron chi connectivity index (χ3n) is 6.37. The highest BCUT2D eigenvalue weighted by molar-refractivity contribution is 8.00. The van der Waals surface area contributed by atoms with Gasteiger partial charge in [-0.15, -0.1) is 11.8 Å². The van der Waals surface area contributed by atoms with Gasteiger partial charge in [0, 0.05) is 21.6 Å². The second kappa shape index (κ2) is 7.26. The number of thiazole rings is 1. The van der Waals surface area contributed by atoms with Crippen LogP contribution in [-0.4, -0.2) is 29.4 Å². The molecule has 0 amide bonds. The number of esters is 1. The van der Waals surface area contributed by atoms with Crippen LogP contribution in [0.3, 0.4) is 0 Å². The normalized spacial score (nSPS) is 30.0. The predicted octanol–water partition coefficient (Wildman–Crippen LogP) is 4.03. The first-order valence-electron chi connectivity index (χ1n) is 9.92. The Balaban J connectivity index is 1.54. The number of aromatic amines is 1. The zero-order chi connectivity index (χ0) is 19.3. The van der Waals surface area contributed by atoms with Gasteiger partial charge in [-0.3, -0.25) is 4.79 Å². The summed E-state index contributed by atoms with van der Waals surface area (Å²) in [5.41, 5.74) is 1.09. The number of fused-ring (bicyclic) bond motifs is 6. The van der Waals surface area contributed by atoms with Crippen LogP contribution < -0.4 is 9.61 Å². The fourth-order valence-electron chi connectivity index (χ4n) is 5.41. The van der Waals surface area contributed by atoms with Crippen molar-refractivity contribution >= 4 is 29.1 Å². The fourth-order valence-corrected chi connectivity index (χ4v) is 8.29. The lowest BCUT2D eigenvalue weighted by atomic mass is 9.74. The Morgan fingerprint density at radius 2 is 2.07 bits per heavy atom. The van der Waals surface area contributed by atoms with Crippen molar-refractivity contribution in [3.8, 4) is 5.75 Å². The number of benzene rings is 1. The molecule has 1 aromatic heterocycles. The molecule has 7 heteroatoms. The first kappa shape index (κ1) is 18.3. The molecule has 2 bridgehead atoms. The summed E-state index contributed by atoms with van der Waals surface area (Å²) in [6, 6.07) is 7.97. The molecular formula is C21H23NO4S2. The van der Waals surface area contributed by atoms with Gasteiger partial charge in [0.05, 0.1) is 11.6 Å². The van der Waals surface area contributed by atoms with Gasteiger partial charge in [-0.1, -0.05) is 29.5 Å². The van der Waals surface area contributed by atoms with Crippen molar-refractivity contribution in [1.29, 1.82) is 0 Å². The summed E-state index contributed by atoms with van der Waals surface area (Å²) >= 11 is 3.21. The van der Waals surface area contributed by atoms with Crippen molar-refractivity contribution in [2.24, 2.45) is 17.8 Å². The van der Waals surface area contributed by atoms with E-state index in [1.165, 1.54) is 30.6 Å². The van der Waals surface area contributed by atoms with Crippen LogP contribution in [0.25, 0.3) is 0 Å². The standard InChI is InChI=1S/C21H23NO4S2/c1-2-25-15(23)10-26-14-6-4-3-5-13(14)17-16-11-7-8-12(9-11)18(16)27-20-19(17)28-21(24)22-20/h3-6,11-12,16-18H,2,7-10H2,1H3,(H,22,24). The Bertz CT molecular complexity index is 952. The lowest BCUT2D eigenvalue weighted by molar-refractivity contribution is -0.145. The van der Waals surface area contributed by atoms with Crippen molar-refractivity contribution < 1.29 is 14.3 Å². The molecule has 28 heavy (non-hydrogen) atoms. The first-order valence-corrected chi connectivity index (χ1v) is 11.6. The summed E-state index contributed by atoms with van der Waals surface area (Å²) in [7, 11) is 0. The molecule has 1 aromatic carbocycles. The van der Waals surface area contributed by atoms with Gasteiger partial charge in [0.15, 0.2) is 6.61 Å². The predicted molar refractivity (Wildman–Crippen MR) is 109 cm³/mol. The van der Waals surface area contributed by atoms with Gasteiger partial charge in [-0.25, -0.2) is 4.79 Å². The van der Waals surface area contributed by atoms with E-state index in [1.807, 2.05) is 30.0 Å². The number of H-pyrrole nitrogens is 1. The number of hydrogen-bond donors (Lipinski definition) is 1. The minimum absolute atomic E-state index is 0.0137. The molecule has 0 radical (unpaired) electrons. The van der Waals surface area contributed by atoms with E-state index in [0.717, 1.165) is 27.1 Å². The topological polar surface area (TPSA) is 68.4 Å². The number of ether oxygens (including phenoxy) is 2. The summed E-state index contributed by atoms with van der Waals surface area (Å²) < 4.78 is 10.9. The molecule has 2 aliphatic carbocycles. The van der Waals surface area contributed by atoms with Crippen LogP contribution in [0.15, 0.2) is 34.1 Å². The van der Waals surface area contributed by atoms with Crippen LogP contribution in [0.1, 0.15) is 42.5 Å². The second-order valence-corrected chi connectivity index (χ2v) is 10.0. The first-order chi connectivity index (χ1) is 13.7. The van der Waals surface area contributed by atoms with Gasteiger partial charge in [0.25, 0.3) is 0 Å². The number of nitrogens with one attached hydrogen (secondary N) is 1. The minimum Gasteiger partial charge on any atom is -0.482 e. The highest BCUT2D eigenvalue weighted by Crippen LogP contribution is 2.64. The van der Waals surface area contributed by atoms with E-state index in [0.29, 0.717) is 23.7 Å². The van der Waals surface area contributed by atoms with Crippen molar-refractivity contribution in [3.63, 3.8) is 0 Å². The zero-order valence-electron chi connectivity index (χ0n) is 15.7. The number of carbonyl (C=O) groups excluding carboxylic acids is 1. The van der Waals surface area contributed by atoms with E-state index in [2.05, 4.69) is 11.1 Å². The number of hydrogen-bond acceptors (Lipinski definition) is 6. The van der Waals surface area contributed by atoms with Crippen molar-refractivity contribution in [2.45, 2.75) is 42.4 Å². The summed E-state index contributed by atoms with van der Waals surface area (Å²) in [6.45, 7) is 2.04. The molecule has 3 aliphatic rings. The van der Waals surface area contributed by atoms with Crippen molar-refractivity contribution in [2.75, 3.05) is 13.2 Å². The summed E-state index contributed by atoms with van der Waals surface area (Å²) in [5, 5.41) is 1.59. The number of para-hydroxylation sites is 1. The van der Waals surface area contributed by atoms with Crippen LogP contribution in [0, 0.1) is 17.8 Å². The van der Waals surface area contributed by atoms with Gasteiger partial charge in [0.1, 0.15) is 5.75 Å². The van der Waals surface area contributed by atoms with Crippen LogP contribution in [-0.2, 0) is 9.53 Å². The quantitative estimate of drug-likeness (QED) is 0.744. The molecule has 1 N–H and O–H groups in total. The number of carbonyl (C=O) groups is 1. The second-order valence-electron chi connectivity index (χ2n) is 7.81. The zero-order valence-corrected chi connectivity index (χ0v) is 17.3. The number of rotatable bonds is 5. The molecule has 2 fully saturated rings. The van der Waals surface area contributed by atoms with Gasteiger partial charge >= 0.3 is 10.8 Å². The monoisotopic (exact) mass is 417 g/mol. The molecule has 5 rings (SSSR count). The summed E-state index contributed by atoms with van der Waals surface area (Å²) in [6.07, 6.45) is 3.88. The van der Waals surface area contributed by atoms with E-state index in [9.17, 15) is 9.59 Å². The molecule has 2 aromatic rings. The van der Waals surface area contributed by atoms with Gasteiger partial charge in [-0.05, 0) is 50.0 Å². The molecular weight excluding hydrogens is 394 g/mol. The van der Waals surface area contributed by atoms with Gasteiger partial charge in [0.2, 0.25) is 0 Å². The van der Waals surface area contributed by atoms with E-state index >= 15 is 0 Å². The molecule has 148 valence electrons. The van der Waals surface area contributed by atoms with Gasteiger partial charge < -0.3 is 14.5 Å².